The van der Waals surface area contributed by atoms with Gasteiger partial charge in [0, 0.05) is 18.8 Å². The Hall–Kier alpha value is -2.91. The Bertz CT molecular complexity index is 1220. The highest BCUT2D eigenvalue weighted by Gasteiger charge is 2.26. The molecule has 0 aliphatic carbocycles. The second-order valence-electron chi connectivity index (χ2n) is 7.36. The summed E-state index contributed by atoms with van der Waals surface area (Å²) >= 11 is 0. The number of rotatable bonds is 5. The molecule has 3 aromatic rings. The number of para-hydroxylation sites is 2. The highest BCUT2D eigenvalue weighted by molar-refractivity contribution is 7.89. The molecular formula is C21H23N3O5S. The lowest BCUT2D eigenvalue weighted by molar-refractivity contribution is -0.118. The number of piperidine rings is 1. The van der Waals surface area contributed by atoms with Crippen LogP contribution in [0, 0.1) is 0 Å². The van der Waals surface area contributed by atoms with Gasteiger partial charge in [0.25, 0.3) is 0 Å². The molecule has 4 rings (SSSR count). The molecule has 9 heteroatoms. The van der Waals surface area contributed by atoms with Gasteiger partial charge in [0.2, 0.25) is 15.9 Å². The van der Waals surface area contributed by atoms with Gasteiger partial charge in [0.15, 0.2) is 5.58 Å². The summed E-state index contributed by atoms with van der Waals surface area (Å²) in [6.07, 6.45) is 2.78. The van der Waals surface area contributed by atoms with E-state index in [1.807, 2.05) is 0 Å². The van der Waals surface area contributed by atoms with Crippen molar-refractivity contribution in [1.82, 2.24) is 8.87 Å². The molecule has 1 aliphatic heterocycles. The largest absolute Gasteiger partial charge is 0.420 e. The number of nitrogens with one attached hydrogen (secondary N) is 1. The molecule has 1 aliphatic rings. The molecule has 1 aromatic heterocycles. The smallest absolute Gasteiger partial charge is 0.408 e. The molecule has 1 atom stereocenters. The first-order chi connectivity index (χ1) is 14.4. The minimum atomic E-state index is -3.53. The van der Waals surface area contributed by atoms with Crippen LogP contribution in [0.5, 0.6) is 0 Å². The van der Waals surface area contributed by atoms with E-state index in [-0.39, 0.29) is 4.90 Å². The normalized spacial score (nSPS) is 16.4. The van der Waals surface area contributed by atoms with Crippen LogP contribution in [0.4, 0.5) is 5.69 Å². The van der Waals surface area contributed by atoms with Crippen molar-refractivity contribution in [2.24, 2.45) is 0 Å². The lowest BCUT2D eigenvalue weighted by Gasteiger charge is -2.25. The van der Waals surface area contributed by atoms with Crippen molar-refractivity contribution < 1.29 is 17.6 Å². The average molecular weight is 429 g/mol. The van der Waals surface area contributed by atoms with Crippen LogP contribution >= 0.6 is 0 Å². The van der Waals surface area contributed by atoms with E-state index in [1.54, 1.807) is 43.3 Å². The van der Waals surface area contributed by atoms with Gasteiger partial charge in [-0.2, -0.15) is 4.31 Å². The fourth-order valence-corrected chi connectivity index (χ4v) is 5.20. The zero-order chi connectivity index (χ0) is 21.3. The maximum absolute atomic E-state index is 12.7. The van der Waals surface area contributed by atoms with Crippen LogP contribution < -0.4 is 11.1 Å². The Balaban J connectivity index is 1.51. The third-order valence-corrected chi connectivity index (χ3v) is 7.27. The summed E-state index contributed by atoms with van der Waals surface area (Å²) in [6.45, 7) is 2.67. The minimum Gasteiger partial charge on any atom is -0.408 e. The molecule has 0 spiro atoms. The molecule has 1 saturated heterocycles. The van der Waals surface area contributed by atoms with Gasteiger partial charge < -0.3 is 9.73 Å². The van der Waals surface area contributed by atoms with Gasteiger partial charge in [-0.05, 0) is 56.2 Å². The zero-order valence-corrected chi connectivity index (χ0v) is 17.4. The SMILES string of the molecule is CC(C(=O)Nc1ccc(S(=O)(=O)N2CCCCC2)cc1)n1c(=O)oc2ccccc21. The van der Waals surface area contributed by atoms with Gasteiger partial charge >= 0.3 is 5.76 Å². The Morgan fingerprint density at radius 3 is 2.40 bits per heavy atom. The number of hydrogen-bond acceptors (Lipinski definition) is 5. The lowest BCUT2D eigenvalue weighted by Crippen LogP contribution is -2.35. The molecule has 0 saturated carbocycles. The zero-order valence-electron chi connectivity index (χ0n) is 16.6. The van der Waals surface area contributed by atoms with Gasteiger partial charge in [0.05, 0.1) is 10.4 Å². The van der Waals surface area contributed by atoms with Crippen LogP contribution in [0.15, 0.2) is 62.6 Å². The fourth-order valence-electron chi connectivity index (χ4n) is 3.68. The van der Waals surface area contributed by atoms with Gasteiger partial charge in [0.1, 0.15) is 6.04 Å². The van der Waals surface area contributed by atoms with E-state index in [0.29, 0.717) is 29.9 Å². The second-order valence-corrected chi connectivity index (χ2v) is 9.30. The summed E-state index contributed by atoms with van der Waals surface area (Å²) in [6, 6.07) is 12.2. The van der Waals surface area contributed by atoms with Gasteiger partial charge in [-0.1, -0.05) is 18.6 Å². The van der Waals surface area contributed by atoms with Crippen molar-refractivity contribution in [3.8, 4) is 0 Å². The first-order valence-electron chi connectivity index (χ1n) is 9.89. The van der Waals surface area contributed by atoms with Crippen molar-refractivity contribution in [2.45, 2.75) is 37.1 Å². The Labute approximate surface area is 174 Å². The van der Waals surface area contributed by atoms with E-state index in [0.717, 1.165) is 19.3 Å². The molecule has 0 radical (unpaired) electrons. The average Bonchev–Trinajstić information content (AvgIpc) is 3.09. The van der Waals surface area contributed by atoms with E-state index in [9.17, 15) is 18.0 Å². The maximum Gasteiger partial charge on any atom is 0.420 e. The van der Waals surface area contributed by atoms with Gasteiger partial charge in [-0.15, -0.1) is 0 Å². The lowest BCUT2D eigenvalue weighted by atomic mass is 10.2. The molecule has 1 unspecified atom stereocenters. The number of sulfonamides is 1. The Morgan fingerprint density at radius 1 is 1.03 bits per heavy atom. The quantitative estimate of drug-likeness (QED) is 0.672. The van der Waals surface area contributed by atoms with E-state index in [1.165, 1.54) is 21.0 Å². The molecule has 2 heterocycles. The molecular weight excluding hydrogens is 406 g/mol. The Kier molecular flexibility index (Phi) is 5.48. The third-order valence-electron chi connectivity index (χ3n) is 5.36. The van der Waals surface area contributed by atoms with Crippen molar-refractivity contribution in [1.29, 1.82) is 0 Å². The number of carbonyl (C=O) groups excluding carboxylic acids is 1. The molecule has 0 bridgehead atoms. The summed E-state index contributed by atoms with van der Waals surface area (Å²) in [5.41, 5.74) is 1.40. The second kappa shape index (κ2) is 8.08. The van der Waals surface area contributed by atoms with Gasteiger partial charge in [-0.25, -0.2) is 13.2 Å². The number of benzene rings is 2. The van der Waals surface area contributed by atoms with Crippen LogP contribution in [0.1, 0.15) is 32.2 Å². The number of carbonyl (C=O) groups is 1. The number of amides is 1. The minimum absolute atomic E-state index is 0.201. The standard InChI is InChI=1S/C21H23N3O5S/c1-15(24-18-7-3-4-8-19(18)29-21(24)26)20(25)22-16-9-11-17(12-10-16)30(27,28)23-13-5-2-6-14-23/h3-4,7-12,15H,2,5-6,13-14H2,1H3,(H,22,25). The summed E-state index contributed by atoms with van der Waals surface area (Å²) < 4.78 is 33.5. The van der Waals surface area contributed by atoms with Crippen LogP contribution in [-0.2, 0) is 14.8 Å². The van der Waals surface area contributed by atoms with E-state index in [4.69, 9.17) is 4.42 Å². The van der Waals surface area contributed by atoms with Crippen LogP contribution in [0.2, 0.25) is 0 Å². The monoisotopic (exact) mass is 429 g/mol. The fraction of sp³-hybridized carbons (Fsp3) is 0.333. The maximum atomic E-state index is 12.7. The molecule has 8 nitrogen and oxygen atoms in total. The number of aromatic nitrogens is 1. The van der Waals surface area contributed by atoms with Crippen molar-refractivity contribution in [3.05, 3.63) is 59.1 Å². The van der Waals surface area contributed by atoms with Crippen molar-refractivity contribution in [3.63, 3.8) is 0 Å². The molecule has 1 N–H and O–H groups in total. The molecule has 158 valence electrons. The number of anilines is 1. The summed E-state index contributed by atoms with van der Waals surface area (Å²) in [5.74, 6) is -1.02. The van der Waals surface area contributed by atoms with Crippen LogP contribution in [-0.4, -0.2) is 36.3 Å². The van der Waals surface area contributed by atoms with Crippen LogP contribution in [0.25, 0.3) is 11.1 Å². The van der Waals surface area contributed by atoms with Gasteiger partial charge in [-0.3, -0.25) is 9.36 Å². The molecule has 1 amide bonds. The highest BCUT2D eigenvalue weighted by Crippen LogP contribution is 2.23. The summed E-state index contributed by atoms with van der Waals surface area (Å²) in [5, 5.41) is 2.73. The number of hydrogen-bond donors (Lipinski definition) is 1. The van der Waals surface area contributed by atoms with E-state index < -0.39 is 27.7 Å². The summed E-state index contributed by atoms with van der Waals surface area (Å²) in [4.78, 5) is 25.1. The predicted molar refractivity (Wildman–Crippen MR) is 113 cm³/mol. The number of oxazole rings is 1. The van der Waals surface area contributed by atoms with Crippen molar-refractivity contribution in [2.75, 3.05) is 18.4 Å². The number of nitrogens with zero attached hydrogens (tertiary/aromatic N) is 2. The highest BCUT2D eigenvalue weighted by atomic mass is 32.2. The first kappa shape index (κ1) is 20.4. The third kappa shape index (κ3) is 3.78. The molecule has 30 heavy (non-hydrogen) atoms. The molecule has 1 fully saturated rings. The number of fused-ring (bicyclic) bond motifs is 1. The van der Waals surface area contributed by atoms with E-state index >= 15 is 0 Å². The first-order valence-corrected chi connectivity index (χ1v) is 11.3. The molecule has 2 aromatic carbocycles. The Morgan fingerprint density at radius 2 is 1.70 bits per heavy atom. The summed E-state index contributed by atoms with van der Waals surface area (Å²) in [7, 11) is -3.53. The predicted octanol–water partition coefficient (Wildman–Crippen LogP) is 2.97. The van der Waals surface area contributed by atoms with Crippen LogP contribution in [0.3, 0.4) is 0 Å². The van der Waals surface area contributed by atoms with E-state index in [2.05, 4.69) is 5.32 Å². The topological polar surface area (TPSA) is 102 Å². The van der Waals surface area contributed by atoms with Crippen molar-refractivity contribution >= 4 is 32.7 Å².